The fourth-order valence-electron chi connectivity index (χ4n) is 3.00. The lowest BCUT2D eigenvalue weighted by Gasteiger charge is -2.32. The molecule has 0 heterocycles. The average molecular weight is 276 g/mol. The third-order valence-electron chi connectivity index (χ3n) is 3.98. The summed E-state index contributed by atoms with van der Waals surface area (Å²) in [4.78, 5) is 11.8. The monoisotopic (exact) mass is 276 g/mol. The summed E-state index contributed by atoms with van der Waals surface area (Å²) in [6.45, 7) is 2.00. The molecule has 0 N–H and O–H groups in total. The second kappa shape index (κ2) is 7.32. The van der Waals surface area contributed by atoms with Crippen LogP contribution in [0.1, 0.15) is 56.9 Å². The standard InChI is InChI=1S/C17H24O3/c1-3-8-17(18)20-16-12-7-5-10-14(16)13-9-4-6-11-15(13)19-2/h4,6,9,11,14,16H,3,5,7-8,10,12H2,1-2H3. The summed E-state index contributed by atoms with van der Waals surface area (Å²) in [5.74, 6) is 1.09. The molecule has 3 heteroatoms. The van der Waals surface area contributed by atoms with Crippen LogP contribution in [0.5, 0.6) is 5.75 Å². The van der Waals surface area contributed by atoms with Crippen molar-refractivity contribution in [3.05, 3.63) is 29.8 Å². The lowest BCUT2D eigenvalue weighted by Crippen LogP contribution is -2.28. The van der Waals surface area contributed by atoms with E-state index in [0.717, 1.165) is 31.4 Å². The number of hydrogen-bond acceptors (Lipinski definition) is 3. The molecular formula is C17H24O3. The molecule has 0 spiro atoms. The van der Waals surface area contributed by atoms with Crippen molar-refractivity contribution in [3.63, 3.8) is 0 Å². The van der Waals surface area contributed by atoms with Gasteiger partial charge < -0.3 is 9.47 Å². The van der Waals surface area contributed by atoms with Crippen molar-refractivity contribution in [2.45, 2.75) is 57.5 Å². The number of ether oxygens (including phenoxy) is 2. The topological polar surface area (TPSA) is 35.5 Å². The van der Waals surface area contributed by atoms with Gasteiger partial charge >= 0.3 is 5.97 Å². The van der Waals surface area contributed by atoms with Gasteiger partial charge in [0.25, 0.3) is 0 Å². The number of methoxy groups -OCH3 is 1. The zero-order valence-electron chi connectivity index (χ0n) is 12.4. The molecule has 1 aliphatic carbocycles. The van der Waals surface area contributed by atoms with E-state index in [2.05, 4.69) is 6.07 Å². The minimum Gasteiger partial charge on any atom is -0.496 e. The van der Waals surface area contributed by atoms with Gasteiger partial charge in [-0.15, -0.1) is 0 Å². The second-order valence-electron chi connectivity index (χ2n) is 5.41. The molecule has 0 aromatic heterocycles. The van der Waals surface area contributed by atoms with E-state index in [1.54, 1.807) is 7.11 Å². The van der Waals surface area contributed by atoms with Crippen LogP contribution >= 0.6 is 0 Å². The van der Waals surface area contributed by atoms with Crippen LogP contribution in [-0.2, 0) is 9.53 Å². The number of carbonyl (C=O) groups is 1. The first-order chi connectivity index (χ1) is 9.76. The van der Waals surface area contributed by atoms with Crippen LogP contribution in [-0.4, -0.2) is 19.2 Å². The Bertz CT molecular complexity index is 442. The van der Waals surface area contributed by atoms with Crippen molar-refractivity contribution in [2.24, 2.45) is 0 Å². The van der Waals surface area contributed by atoms with Crippen molar-refractivity contribution in [1.82, 2.24) is 0 Å². The minimum atomic E-state index is -0.0701. The van der Waals surface area contributed by atoms with Crippen molar-refractivity contribution < 1.29 is 14.3 Å². The van der Waals surface area contributed by atoms with E-state index in [4.69, 9.17) is 9.47 Å². The van der Waals surface area contributed by atoms with Gasteiger partial charge in [-0.1, -0.05) is 31.5 Å². The van der Waals surface area contributed by atoms with E-state index in [-0.39, 0.29) is 18.0 Å². The first-order valence-electron chi connectivity index (χ1n) is 7.58. The molecule has 2 atom stereocenters. The van der Waals surface area contributed by atoms with E-state index in [1.807, 2.05) is 25.1 Å². The van der Waals surface area contributed by atoms with Gasteiger partial charge in [0.2, 0.25) is 0 Å². The second-order valence-corrected chi connectivity index (χ2v) is 5.41. The molecule has 0 aliphatic heterocycles. The van der Waals surface area contributed by atoms with Crippen LogP contribution in [0, 0.1) is 0 Å². The zero-order chi connectivity index (χ0) is 14.4. The first-order valence-corrected chi connectivity index (χ1v) is 7.58. The fraction of sp³-hybridized carbons (Fsp3) is 0.588. The maximum Gasteiger partial charge on any atom is 0.306 e. The average Bonchev–Trinajstić information content (AvgIpc) is 2.48. The molecule has 110 valence electrons. The molecule has 1 saturated carbocycles. The summed E-state index contributed by atoms with van der Waals surface area (Å²) >= 11 is 0. The van der Waals surface area contributed by atoms with Crippen LogP contribution < -0.4 is 4.74 Å². The Balaban J connectivity index is 2.15. The smallest absolute Gasteiger partial charge is 0.306 e. The van der Waals surface area contributed by atoms with E-state index in [1.165, 1.54) is 12.0 Å². The predicted octanol–water partition coefficient (Wildman–Crippen LogP) is 4.06. The molecule has 0 bridgehead atoms. The number of hydrogen-bond donors (Lipinski definition) is 0. The molecular weight excluding hydrogens is 252 g/mol. The van der Waals surface area contributed by atoms with Crippen molar-refractivity contribution in [2.75, 3.05) is 7.11 Å². The first kappa shape index (κ1) is 14.9. The van der Waals surface area contributed by atoms with Crippen LogP contribution in [0.3, 0.4) is 0 Å². The Morgan fingerprint density at radius 2 is 2.00 bits per heavy atom. The highest BCUT2D eigenvalue weighted by molar-refractivity contribution is 5.69. The lowest BCUT2D eigenvalue weighted by atomic mass is 9.81. The van der Waals surface area contributed by atoms with Crippen LogP contribution in [0.25, 0.3) is 0 Å². The zero-order valence-corrected chi connectivity index (χ0v) is 12.4. The molecule has 0 amide bonds. The fourth-order valence-corrected chi connectivity index (χ4v) is 3.00. The van der Waals surface area contributed by atoms with Gasteiger partial charge in [0.1, 0.15) is 11.9 Å². The number of rotatable bonds is 5. The maximum atomic E-state index is 11.8. The van der Waals surface area contributed by atoms with Crippen molar-refractivity contribution in [1.29, 1.82) is 0 Å². The Morgan fingerprint density at radius 3 is 2.75 bits per heavy atom. The number of carbonyl (C=O) groups excluding carboxylic acids is 1. The highest BCUT2D eigenvalue weighted by Gasteiger charge is 2.31. The molecule has 0 radical (unpaired) electrons. The Labute approximate surface area is 121 Å². The Kier molecular flexibility index (Phi) is 5.45. The lowest BCUT2D eigenvalue weighted by molar-refractivity contribution is -0.151. The molecule has 1 aliphatic rings. The largest absolute Gasteiger partial charge is 0.496 e. The van der Waals surface area contributed by atoms with Crippen molar-refractivity contribution in [3.8, 4) is 5.75 Å². The van der Waals surface area contributed by atoms with Crippen molar-refractivity contribution >= 4 is 5.97 Å². The summed E-state index contributed by atoms with van der Waals surface area (Å²) in [7, 11) is 1.69. The van der Waals surface area contributed by atoms with Gasteiger partial charge in [0.05, 0.1) is 7.11 Å². The normalized spacial score (nSPS) is 22.3. The molecule has 0 saturated heterocycles. The van der Waals surface area contributed by atoms with Gasteiger partial charge in [-0.2, -0.15) is 0 Å². The van der Waals surface area contributed by atoms with Gasteiger partial charge in [0, 0.05) is 17.9 Å². The number of para-hydroxylation sites is 1. The molecule has 20 heavy (non-hydrogen) atoms. The van der Waals surface area contributed by atoms with Crippen LogP contribution in [0.15, 0.2) is 24.3 Å². The molecule has 3 nitrogen and oxygen atoms in total. The highest BCUT2D eigenvalue weighted by Crippen LogP contribution is 2.39. The molecule has 1 aromatic carbocycles. The van der Waals surface area contributed by atoms with E-state index < -0.39 is 0 Å². The van der Waals surface area contributed by atoms with Crippen LogP contribution in [0.4, 0.5) is 0 Å². The quantitative estimate of drug-likeness (QED) is 0.761. The van der Waals surface area contributed by atoms with Gasteiger partial charge in [0.15, 0.2) is 0 Å². The summed E-state index contributed by atoms with van der Waals surface area (Å²) < 4.78 is 11.2. The van der Waals surface area contributed by atoms with E-state index in [0.29, 0.717) is 6.42 Å². The highest BCUT2D eigenvalue weighted by atomic mass is 16.5. The number of esters is 1. The maximum absolute atomic E-state index is 11.8. The molecule has 2 rings (SSSR count). The summed E-state index contributed by atoms with van der Waals surface area (Å²) in [5, 5.41) is 0. The third kappa shape index (κ3) is 3.53. The van der Waals surface area contributed by atoms with Gasteiger partial charge in [-0.3, -0.25) is 4.79 Å². The molecule has 1 aromatic rings. The van der Waals surface area contributed by atoms with Crippen LogP contribution in [0.2, 0.25) is 0 Å². The Morgan fingerprint density at radius 1 is 1.25 bits per heavy atom. The SMILES string of the molecule is CCCC(=O)OC1CCCCC1c1ccccc1OC. The summed E-state index contributed by atoms with van der Waals surface area (Å²) in [6.07, 6.45) is 5.68. The van der Waals surface area contributed by atoms with Gasteiger partial charge in [-0.05, 0) is 31.7 Å². The summed E-state index contributed by atoms with van der Waals surface area (Å²) in [6, 6.07) is 8.07. The summed E-state index contributed by atoms with van der Waals surface area (Å²) in [5.41, 5.74) is 1.17. The third-order valence-corrected chi connectivity index (χ3v) is 3.98. The van der Waals surface area contributed by atoms with Gasteiger partial charge in [-0.25, -0.2) is 0 Å². The van der Waals surface area contributed by atoms with E-state index in [9.17, 15) is 4.79 Å². The number of benzene rings is 1. The minimum absolute atomic E-state index is 0.000833. The van der Waals surface area contributed by atoms with E-state index >= 15 is 0 Å². The predicted molar refractivity (Wildman–Crippen MR) is 79.0 cm³/mol. The molecule has 2 unspecified atom stereocenters. The Hall–Kier alpha value is -1.51. The molecule has 1 fully saturated rings.